The van der Waals surface area contributed by atoms with Gasteiger partial charge in [-0.1, -0.05) is 18.9 Å². The molecule has 4 nitrogen and oxygen atoms in total. The summed E-state index contributed by atoms with van der Waals surface area (Å²) in [6.45, 7) is 6.50. The van der Waals surface area contributed by atoms with Crippen molar-refractivity contribution in [3.05, 3.63) is 22.4 Å². The minimum absolute atomic E-state index is 0.166. The lowest BCUT2D eigenvalue weighted by Crippen LogP contribution is -3.13. The van der Waals surface area contributed by atoms with Gasteiger partial charge in [0.1, 0.15) is 0 Å². The summed E-state index contributed by atoms with van der Waals surface area (Å²) in [5.41, 5.74) is 0. The van der Waals surface area contributed by atoms with Crippen LogP contribution in [-0.2, 0) is 4.57 Å². The Morgan fingerprint density at radius 3 is 1.88 bits per heavy atom. The average Bonchev–Trinajstić information content (AvgIpc) is 3.24. The molecular formula is C20H35N3OPS+. The fourth-order valence-electron chi connectivity index (χ4n) is 5.16. The van der Waals surface area contributed by atoms with Crippen molar-refractivity contribution in [3.8, 4) is 0 Å². The molecule has 0 bridgehead atoms. The summed E-state index contributed by atoms with van der Waals surface area (Å²) in [6, 6.07) is 4.42. The summed E-state index contributed by atoms with van der Waals surface area (Å²) in [5, 5.41) is 2.18. The summed E-state index contributed by atoms with van der Waals surface area (Å²) in [6.07, 6.45) is 11.4. The zero-order valence-corrected chi connectivity index (χ0v) is 17.8. The highest BCUT2D eigenvalue weighted by atomic mass is 32.1. The lowest BCUT2D eigenvalue weighted by atomic mass is 10.1. The number of rotatable bonds is 5. The highest BCUT2D eigenvalue weighted by Crippen LogP contribution is 2.63. The molecule has 3 aliphatic rings. The molecule has 1 atom stereocenters. The quantitative estimate of drug-likeness (QED) is 0.763. The van der Waals surface area contributed by atoms with E-state index in [1.54, 1.807) is 4.90 Å². The van der Waals surface area contributed by atoms with E-state index in [-0.39, 0.29) is 5.78 Å². The van der Waals surface area contributed by atoms with Gasteiger partial charge < -0.3 is 4.90 Å². The standard InChI is InChI=1S/C20H34N3OPS/c24-25(22-14-6-2-7-15-22,23-16-8-3-9-17-23)20(19-11-10-18-26-19)21-12-4-1-5-13-21/h10-11,18,20H,1-9,12-17H2/p+1/t20-/m1/s1. The van der Waals surface area contributed by atoms with Crippen molar-refractivity contribution in [1.82, 2.24) is 9.34 Å². The van der Waals surface area contributed by atoms with Crippen molar-refractivity contribution in [3.63, 3.8) is 0 Å². The first-order chi connectivity index (χ1) is 12.8. The molecule has 0 saturated carbocycles. The van der Waals surface area contributed by atoms with Gasteiger partial charge in [0, 0.05) is 26.2 Å². The highest BCUT2D eigenvalue weighted by Gasteiger charge is 2.51. The first-order valence-corrected chi connectivity index (χ1v) is 13.3. The van der Waals surface area contributed by atoms with Crippen LogP contribution in [0.5, 0.6) is 0 Å². The number of likely N-dealkylation sites (tertiary alicyclic amines) is 1. The molecule has 4 rings (SSSR count). The molecule has 0 amide bonds. The third kappa shape index (κ3) is 3.84. The van der Waals surface area contributed by atoms with Crippen molar-refractivity contribution in [2.75, 3.05) is 39.3 Å². The van der Waals surface area contributed by atoms with E-state index in [1.807, 2.05) is 11.3 Å². The molecule has 3 saturated heterocycles. The summed E-state index contributed by atoms with van der Waals surface area (Å²) in [4.78, 5) is 2.96. The van der Waals surface area contributed by atoms with E-state index in [9.17, 15) is 0 Å². The smallest absolute Gasteiger partial charge is 0.278 e. The second-order valence-electron chi connectivity index (χ2n) is 8.25. The van der Waals surface area contributed by atoms with Crippen LogP contribution in [0.3, 0.4) is 0 Å². The maximum absolute atomic E-state index is 15.1. The zero-order valence-electron chi connectivity index (χ0n) is 16.1. The molecule has 0 aromatic carbocycles. The lowest BCUT2D eigenvalue weighted by Gasteiger charge is -2.47. The SMILES string of the molecule is O=P([C@H](c1cccs1)[NH+]1CCCCC1)(N1CCCCC1)N1CCCCC1. The number of thiophene rings is 1. The van der Waals surface area contributed by atoms with Crippen LogP contribution in [0.1, 0.15) is 68.4 Å². The number of piperidine rings is 3. The second-order valence-corrected chi connectivity index (χ2v) is 12.1. The number of nitrogens with one attached hydrogen (secondary N) is 1. The van der Waals surface area contributed by atoms with E-state index in [0.717, 1.165) is 26.2 Å². The van der Waals surface area contributed by atoms with Crippen LogP contribution in [0.15, 0.2) is 17.5 Å². The lowest BCUT2D eigenvalue weighted by molar-refractivity contribution is -0.922. The van der Waals surface area contributed by atoms with Crippen LogP contribution >= 0.6 is 18.8 Å². The van der Waals surface area contributed by atoms with Gasteiger partial charge in [-0.2, -0.15) is 0 Å². The largest absolute Gasteiger partial charge is 0.320 e. The van der Waals surface area contributed by atoms with E-state index < -0.39 is 7.44 Å². The first-order valence-electron chi connectivity index (χ1n) is 10.8. The Morgan fingerprint density at radius 2 is 1.38 bits per heavy atom. The zero-order chi connectivity index (χ0) is 17.8. The van der Waals surface area contributed by atoms with Crippen LogP contribution in [0.2, 0.25) is 0 Å². The van der Waals surface area contributed by atoms with E-state index in [2.05, 4.69) is 26.9 Å². The van der Waals surface area contributed by atoms with Gasteiger partial charge in [0.15, 0.2) is 0 Å². The van der Waals surface area contributed by atoms with Crippen molar-refractivity contribution >= 4 is 18.8 Å². The van der Waals surface area contributed by atoms with Gasteiger partial charge >= 0.3 is 0 Å². The molecule has 0 unspecified atom stereocenters. The summed E-state index contributed by atoms with van der Waals surface area (Å²) in [7, 11) is -2.60. The molecule has 0 aliphatic carbocycles. The fraction of sp³-hybridized carbons (Fsp3) is 0.800. The molecule has 6 heteroatoms. The Labute approximate surface area is 163 Å². The van der Waals surface area contributed by atoms with Gasteiger partial charge in [0.05, 0.1) is 18.0 Å². The topological polar surface area (TPSA) is 28.0 Å². The number of hydrogen-bond acceptors (Lipinski definition) is 2. The Bertz CT molecular complexity index is 568. The molecule has 3 fully saturated rings. The minimum atomic E-state index is -2.60. The van der Waals surface area contributed by atoms with Gasteiger partial charge in [-0.3, -0.25) is 4.57 Å². The van der Waals surface area contributed by atoms with E-state index >= 15 is 4.57 Å². The van der Waals surface area contributed by atoms with Gasteiger partial charge in [0.2, 0.25) is 5.78 Å². The Balaban J connectivity index is 1.73. The summed E-state index contributed by atoms with van der Waals surface area (Å²) >= 11 is 1.83. The third-order valence-corrected chi connectivity index (χ3v) is 11.4. The summed E-state index contributed by atoms with van der Waals surface area (Å²) in [5.74, 6) is 0.166. The van der Waals surface area contributed by atoms with Crippen molar-refractivity contribution in [1.29, 1.82) is 0 Å². The third-order valence-electron chi connectivity index (χ3n) is 6.51. The van der Waals surface area contributed by atoms with Gasteiger partial charge in [-0.15, -0.1) is 11.3 Å². The van der Waals surface area contributed by atoms with Gasteiger partial charge in [0.25, 0.3) is 7.44 Å². The molecule has 1 aromatic heterocycles. The number of nitrogens with zero attached hydrogens (tertiary/aromatic N) is 2. The van der Waals surface area contributed by atoms with E-state index in [1.165, 1.54) is 75.8 Å². The maximum Gasteiger partial charge on any atom is 0.278 e. The molecule has 26 heavy (non-hydrogen) atoms. The fourth-order valence-corrected chi connectivity index (χ4v) is 10.4. The van der Waals surface area contributed by atoms with Crippen LogP contribution in [0.4, 0.5) is 0 Å². The van der Waals surface area contributed by atoms with Crippen molar-refractivity contribution < 1.29 is 9.46 Å². The molecule has 3 aliphatic heterocycles. The van der Waals surface area contributed by atoms with Crippen LogP contribution in [0.25, 0.3) is 0 Å². The van der Waals surface area contributed by atoms with Crippen LogP contribution in [-0.4, -0.2) is 48.6 Å². The normalized spacial score (nSPS) is 26.0. The van der Waals surface area contributed by atoms with Crippen molar-refractivity contribution in [2.45, 2.75) is 63.6 Å². The molecule has 0 radical (unpaired) electrons. The average molecular weight is 397 g/mol. The Morgan fingerprint density at radius 1 is 0.846 bits per heavy atom. The maximum atomic E-state index is 15.1. The molecule has 146 valence electrons. The first kappa shape index (κ1) is 19.1. The number of quaternary nitrogens is 1. The van der Waals surface area contributed by atoms with E-state index in [0.29, 0.717) is 0 Å². The monoisotopic (exact) mass is 396 g/mol. The predicted molar refractivity (Wildman–Crippen MR) is 110 cm³/mol. The summed E-state index contributed by atoms with van der Waals surface area (Å²) < 4.78 is 20.0. The minimum Gasteiger partial charge on any atom is -0.320 e. The molecule has 4 heterocycles. The van der Waals surface area contributed by atoms with Crippen molar-refractivity contribution in [2.24, 2.45) is 0 Å². The molecule has 1 aromatic rings. The molecule has 0 spiro atoms. The second kappa shape index (κ2) is 8.87. The number of hydrogen-bond donors (Lipinski definition) is 1. The van der Waals surface area contributed by atoms with Gasteiger partial charge in [-0.05, 0) is 56.4 Å². The van der Waals surface area contributed by atoms with Gasteiger partial charge in [-0.25, -0.2) is 9.34 Å². The molecule has 1 N–H and O–H groups in total. The molecular weight excluding hydrogens is 361 g/mol. The predicted octanol–water partition coefficient (Wildman–Crippen LogP) is 3.98. The van der Waals surface area contributed by atoms with Crippen LogP contribution in [0, 0.1) is 0 Å². The van der Waals surface area contributed by atoms with Crippen LogP contribution < -0.4 is 4.90 Å². The van der Waals surface area contributed by atoms with E-state index in [4.69, 9.17) is 0 Å². The highest BCUT2D eigenvalue weighted by molar-refractivity contribution is 7.59. The Kier molecular flexibility index (Phi) is 6.53. The Hall–Kier alpha value is -0.190.